The topological polar surface area (TPSA) is 15.3 Å². The van der Waals surface area contributed by atoms with Gasteiger partial charge >= 0.3 is 0 Å². The Labute approximate surface area is 128 Å². The zero-order valence-corrected chi connectivity index (χ0v) is 13.7. The first kappa shape index (κ1) is 15.8. The minimum absolute atomic E-state index is 0.187. The molecule has 0 spiro atoms. The summed E-state index contributed by atoms with van der Waals surface area (Å²) in [7, 11) is 0. The molecule has 2 rings (SSSR count). The first-order valence-electron chi connectivity index (χ1n) is 7.77. The Morgan fingerprint density at radius 2 is 1.80 bits per heavy atom. The molecule has 1 aromatic carbocycles. The first-order valence-corrected chi connectivity index (χ1v) is 8.14. The Kier molecular flexibility index (Phi) is 5.48. The summed E-state index contributed by atoms with van der Waals surface area (Å²) < 4.78 is 0. The average molecular weight is 295 g/mol. The van der Waals surface area contributed by atoms with Crippen molar-refractivity contribution in [3.8, 4) is 0 Å². The number of nitrogens with zero attached hydrogens (tertiary/aromatic N) is 1. The molecule has 0 aliphatic carbocycles. The van der Waals surface area contributed by atoms with Crippen LogP contribution in [0, 0.1) is 0 Å². The molecule has 112 valence electrons. The van der Waals surface area contributed by atoms with Gasteiger partial charge in [-0.05, 0) is 70.4 Å². The van der Waals surface area contributed by atoms with Crippen LogP contribution in [-0.2, 0) is 6.42 Å². The second-order valence-electron chi connectivity index (χ2n) is 6.29. The lowest BCUT2D eigenvalue weighted by molar-refractivity contribution is 0.107. The number of benzene rings is 1. The van der Waals surface area contributed by atoms with Crippen molar-refractivity contribution in [3.05, 3.63) is 34.9 Å². The van der Waals surface area contributed by atoms with Crippen molar-refractivity contribution < 1.29 is 0 Å². The van der Waals surface area contributed by atoms with Crippen LogP contribution in [0.5, 0.6) is 0 Å². The van der Waals surface area contributed by atoms with Crippen LogP contribution in [-0.4, -0.2) is 36.1 Å². The van der Waals surface area contributed by atoms with Crippen LogP contribution in [0.15, 0.2) is 24.3 Å². The Balaban J connectivity index is 2.10. The number of likely N-dealkylation sites (N-methyl/N-ethyl adjacent to an activating group) is 1. The fourth-order valence-corrected chi connectivity index (χ4v) is 3.31. The van der Waals surface area contributed by atoms with E-state index < -0.39 is 0 Å². The lowest BCUT2D eigenvalue weighted by atomic mass is 9.87. The summed E-state index contributed by atoms with van der Waals surface area (Å²) in [6, 6.07) is 8.73. The average Bonchev–Trinajstić information content (AvgIpc) is 2.95. The Morgan fingerprint density at radius 3 is 2.35 bits per heavy atom. The molecule has 1 unspecified atom stereocenters. The summed E-state index contributed by atoms with van der Waals surface area (Å²) >= 11 is 5.98. The van der Waals surface area contributed by atoms with Crippen LogP contribution in [0.3, 0.4) is 0 Å². The highest BCUT2D eigenvalue weighted by atomic mass is 35.5. The van der Waals surface area contributed by atoms with Crippen molar-refractivity contribution in [2.45, 2.75) is 51.6 Å². The Bertz CT molecular complexity index is 408. The first-order chi connectivity index (χ1) is 9.54. The fraction of sp³-hybridized carbons (Fsp3) is 0.647. The molecule has 0 bridgehead atoms. The molecule has 1 heterocycles. The molecule has 3 heteroatoms. The van der Waals surface area contributed by atoms with E-state index in [1.165, 1.54) is 31.5 Å². The van der Waals surface area contributed by atoms with Gasteiger partial charge in [0.2, 0.25) is 0 Å². The van der Waals surface area contributed by atoms with Crippen LogP contribution in [0.25, 0.3) is 0 Å². The van der Waals surface area contributed by atoms with Crippen molar-refractivity contribution in [3.63, 3.8) is 0 Å². The maximum Gasteiger partial charge on any atom is 0.0406 e. The molecule has 1 N–H and O–H groups in total. The van der Waals surface area contributed by atoms with Crippen LogP contribution in [0.2, 0.25) is 5.02 Å². The van der Waals surface area contributed by atoms with Crippen LogP contribution >= 0.6 is 11.6 Å². The molecule has 0 saturated carbocycles. The second kappa shape index (κ2) is 6.93. The van der Waals surface area contributed by atoms with E-state index in [0.29, 0.717) is 6.04 Å². The van der Waals surface area contributed by atoms with Crippen molar-refractivity contribution in [1.29, 1.82) is 0 Å². The van der Waals surface area contributed by atoms with E-state index in [1.807, 2.05) is 12.1 Å². The number of hydrogen-bond donors (Lipinski definition) is 1. The molecule has 1 saturated heterocycles. The normalized spacial score (nSPS) is 18.4. The number of halogens is 1. The molecule has 0 radical (unpaired) electrons. The van der Waals surface area contributed by atoms with E-state index in [2.05, 4.69) is 43.1 Å². The van der Waals surface area contributed by atoms with Gasteiger partial charge in [-0.25, -0.2) is 0 Å². The van der Waals surface area contributed by atoms with Gasteiger partial charge < -0.3 is 5.32 Å². The van der Waals surface area contributed by atoms with E-state index in [9.17, 15) is 0 Å². The highest BCUT2D eigenvalue weighted by Gasteiger charge is 2.36. The van der Waals surface area contributed by atoms with E-state index in [1.54, 1.807) is 0 Å². The quantitative estimate of drug-likeness (QED) is 0.860. The van der Waals surface area contributed by atoms with Gasteiger partial charge in [-0.15, -0.1) is 0 Å². The summed E-state index contributed by atoms with van der Waals surface area (Å²) in [5, 5.41) is 4.50. The van der Waals surface area contributed by atoms with Gasteiger partial charge in [0.1, 0.15) is 0 Å². The zero-order chi connectivity index (χ0) is 14.6. The number of rotatable bonds is 6. The Morgan fingerprint density at radius 1 is 1.20 bits per heavy atom. The monoisotopic (exact) mass is 294 g/mol. The van der Waals surface area contributed by atoms with Gasteiger partial charge in [0.15, 0.2) is 0 Å². The number of nitrogens with one attached hydrogen (secondary N) is 1. The number of likely N-dealkylation sites (tertiary alicyclic amines) is 1. The van der Waals surface area contributed by atoms with Gasteiger partial charge in [0, 0.05) is 16.6 Å². The second-order valence-corrected chi connectivity index (χ2v) is 6.73. The van der Waals surface area contributed by atoms with Crippen molar-refractivity contribution in [1.82, 2.24) is 10.2 Å². The van der Waals surface area contributed by atoms with Crippen LogP contribution in [0.4, 0.5) is 0 Å². The van der Waals surface area contributed by atoms with Gasteiger partial charge in [0.05, 0.1) is 0 Å². The van der Waals surface area contributed by atoms with Crippen LogP contribution in [0.1, 0.15) is 39.2 Å². The molecule has 1 fully saturated rings. The standard InChI is InChI=1S/C17H27ClN2/c1-4-19-16(13-14-7-9-15(18)10-8-14)17(2,3)20-11-5-6-12-20/h7-10,16,19H,4-6,11-13H2,1-3H3. The zero-order valence-electron chi connectivity index (χ0n) is 13.0. The highest BCUT2D eigenvalue weighted by molar-refractivity contribution is 6.30. The molecule has 1 aliphatic heterocycles. The maximum atomic E-state index is 5.98. The summed E-state index contributed by atoms with van der Waals surface area (Å²) in [6.45, 7) is 10.4. The van der Waals surface area contributed by atoms with E-state index in [-0.39, 0.29) is 5.54 Å². The highest BCUT2D eigenvalue weighted by Crippen LogP contribution is 2.26. The van der Waals surface area contributed by atoms with E-state index in [4.69, 9.17) is 11.6 Å². The van der Waals surface area contributed by atoms with E-state index in [0.717, 1.165) is 18.0 Å². The van der Waals surface area contributed by atoms with E-state index >= 15 is 0 Å². The molecule has 0 amide bonds. The van der Waals surface area contributed by atoms with Crippen LogP contribution < -0.4 is 5.32 Å². The van der Waals surface area contributed by atoms with Gasteiger partial charge in [-0.3, -0.25) is 4.90 Å². The van der Waals surface area contributed by atoms with Gasteiger partial charge in [0.25, 0.3) is 0 Å². The third-order valence-corrected chi connectivity index (χ3v) is 4.83. The predicted molar refractivity (Wildman–Crippen MR) is 87.5 cm³/mol. The summed E-state index contributed by atoms with van der Waals surface area (Å²) in [4.78, 5) is 2.64. The maximum absolute atomic E-state index is 5.98. The Hall–Kier alpha value is -0.570. The van der Waals surface area contributed by atoms with Crippen molar-refractivity contribution in [2.75, 3.05) is 19.6 Å². The lowest BCUT2D eigenvalue weighted by Crippen LogP contribution is -2.57. The summed E-state index contributed by atoms with van der Waals surface area (Å²) in [5.41, 5.74) is 1.54. The minimum atomic E-state index is 0.187. The molecule has 1 atom stereocenters. The molecular weight excluding hydrogens is 268 g/mol. The SMILES string of the molecule is CCNC(Cc1ccc(Cl)cc1)C(C)(C)N1CCCC1. The summed E-state index contributed by atoms with van der Waals surface area (Å²) in [6.07, 6.45) is 3.72. The third kappa shape index (κ3) is 3.75. The smallest absolute Gasteiger partial charge is 0.0406 e. The molecular formula is C17H27ClN2. The van der Waals surface area contributed by atoms with Gasteiger partial charge in [-0.1, -0.05) is 30.7 Å². The molecule has 20 heavy (non-hydrogen) atoms. The molecule has 1 aliphatic rings. The number of hydrogen-bond acceptors (Lipinski definition) is 2. The lowest BCUT2D eigenvalue weighted by Gasteiger charge is -2.42. The molecule has 1 aromatic rings. The predicted octanol–water partition coefficient (Wildman–Crippen LogP) is 3.74. The molecule has 0 aromatic heterocycles. The molecule has 2 nitrogen and oxygen atoms in total. The van der Waals surface area contributed by atoms with Crippen molar-refractivity contribution >= 4 is 11.6 Å². The fourth-order valence-electron chi connectivity index (χ4n) is 3.19. The minimum Gasteiger partial charge on any atom is -0.312 e. The van der Waals surface area contributed by atoms with Gasteiger partial charge in [-0.2, -0.15) is 0 Å². The van der Waals surface area contributed by atoms with Crippen molar-refractivity contribution in [2.24, 2.45) is 0 Å². The summed E-state index contributed by atoms with van der Waals surface area (Å²) in [5.74, 6) is 0. The largest absolute Gasteiger partial charge is 0.312 e. The third-order valence-electron chi connectivity index (χ3n) is 4.58.